The van der Waals surface area contributed by atoms with Crippen molar-refractivity contribution < 1.29 is 56.0 Å². The smallest absolute Gasteiger partial charge is 0.394 e. The van der Waals surface area contributed by atoms with Gasteiger partial charge in [0, 0.05) is 35.4 Å². The predicted molar refractivity (Wildman–Crippen MR) is 238 cm³/mol. The largest absolute Gasteiger partial charge is 0.695 e. The Labute approximate surface area is 380 Å². The Bertz CT molecular complexity index is 2810. The summed E-state index contributed by atoms with van der Waals surface area (Å²) in [5, 5.41) is 10.3. The van der Waals surface area contributed by atoms with Gasteiger partial charge in [0.05, 0.1) is 25.9 Å². The number of alkyl halides is 2. The number of hydrogen-bond donors (Lipinski definition) is 2. The summed E-state index contributed by atoms with van der Waals surface area (Å²) in [5.41, 5.74) is 1.18. The number of carbonyl (C=O) groups excluding carboxylic acids is 2. The molecule has 0 spiro atoms. The molecule has 2 N–H and O–H groups in total. The first-order valence-corrected chi connectivity index (χ1v) is 24.3. The number of halogens is 2. The molecule has 6 aromatic rings. The molecule has 0 radical (unpaired) electrons. The van der Waals surface area contributed by atoms with Crippen LogP contribution in [0.1, 0.15) is 33.2 Å². The van der Waals surface area contributed by atoms with Crippen molar-refractivity contribution in [2.24, 2.45) is 0 Å². The number of anilines is 2. The molecule has 66 heavy (non-hydrogen) atoms. The molecule has 0 saturated carbocycles. The molecular weight excluding hydrogens is 925 g/mol. The van der Waals surface area contributed by atoms with Gasteiger partial charge in [-0.25, -0.2) is 38.7 Å². The number of carbonyl (C=O) groups is 2. The van der Waals surface area contributed by atoms with E-state index in [9.17, 15) is 24.2 Å². The number of ether oxygens (including phenoxy) is 2. The number of hydrogen-bond acceptors (Lipinski definition) is 16. The third kappa shape index (κ3) is 9.32. The number of benzene rings is 2. The lowest BCUT2D eigenvalue weighted by atomic mass is 10.1. The van der Waals surface area contributed by atoms with Crippen LogP contribution in [0.15, 0.2) is 111 Å². The Kier molecular flexibility index (Phi) is 14.2. The van der Waals surface area contributed by atoms with Crippen LogP contribution in [-0.2, 0) is 39.4 Å². The lowest BCUT2D eigenvalue weighted by molar-refractivity contribution is -0.0477. The number of aromatic nitrogens is 8. The molecule has 2 saturated heterocycles. The molecule has 2 aliphatic heterocycles. The minimum Gasteiger partial charge on any atom is -0.394 e. The molecule has 25 heteroatoms. The predicted octanol–water partition coefficient (Wildman–Crippen LogP) is 5.17. The monoisotopic (exact) mass is 965 g/mol. The van der Waals surface area contributed by atoms with E-state index in [2.05, 4.69) is 43.1 Å². The van der Waals surface area contributed by atoms with Crippen molar-refractivity contribution in [2.45, 2.75) is 49.2 Å². The second kappa shape index (κ2) is 20.0. The van der Waals surface area contributed by atoms with Gasteiger partial charge in [0.25, 0.3) is 11.8 Å². The first kappa shape index (κ1) is 46.8. The van der Waals surface area contributed by atoms with Crippen LogP contribution in [0.5, 0.6) is 0 Å². The van der Waals surface area contributed by atoms with Crippen LogP contribution in [-0.4, -0.2) is 131 Å². The Hall–Kier alpha value is -5.71. The van der Waals surface area contributed by atoms with Gasteiger partial charge in [-0.1, -0.05) is 48.6 Å². The highest BCUT2D eigenvalue weighted by Crippen LogP contribution is 2.51. The summed E-state index contributed by atoms with van der Waals surface area (Å²) in [6, 6.07) is 17.0. The van der Waals surface area contributed by atoms with Crippen molar-refractivity contribution in [2.75, 3.05) is 42.8 Å². The maximum atomic E-state index is 16.6. The van der Waals surface area contributed by atoms with Gasteiger partial charge < -0.3 is 23.6 Å². The fraction of sp³-hybridized carbons (Fsp3) is 0.317. The van der Waals surface area contributed by atoms with Crippen LogP contribution in [0, 0.1) is 0 Å². The summed E-state index contributed by atoms with van der Waals surface area (Å²) in [5.74, 6) is -0.562. The van der Waals surface area contributed by atoms with Crippen LogP contribution >= 0.6 is 14.7 Å². The molecular formula is C41H41F2N10O10P2S+. The molecule has 10 atom stereocenters. The van der Waals surface area contributed by atoms with Crippen LogP contribution in [0.4, 0.5) is 20.4 Å². The molecule has 2 aromatic carbocycles. The second-order valence-electron chi connectivity index (χ2n) is 14.8. The Morgan fingerprint density at radius 1 is 0.803 bits per heavy atom. The summed E-state index contributed by atoms with van der Waals surface area (Å²) in [7, 11) is -3.36. The Morgan fingerprint density at radius 2 is 1.27 bits per heavy atom. The number of amides is 2. The first-order chi connectivity index (χ1) is 31.8. The van der Waals surface area contributed by atoms with Gasteiger partial charge in [0.1, 0.15) is 31.0 Å². The van der Waals surface area contributed by atoms with Crippen molar-refractivity contribution in [3.05, 3.63) is 122 Å². The lowest BCUT2D eigenvalue weighted by Crippen LogP contribution is -2.34. The van der Waals surface area contributed by atoms with Gasteiger partial charge in [-0.15, -0.1) is 22.6 Å². The maximum absolute atomic E-state index is 16.6. The van der Waals surface area contributed by atoms with Crippen LogP contribution in [0.25, 0.3) is 22.3 Å². The van der Waals surface area contributed by atoms with E-state index in [0.29, 0.717) is 11.1 Å². The van der Waals surface area contributed by atoms with Crippen molar-refractivity contribution in [1.82, 2.24) is 39.0 Å². The first-order valence-electron chi connectivity index (χ1n) is 20.1. The van der Waals surface area contributed by atoms with Gasteiger partial charge in [-0.2, -0.15) is 0 Å². The SMILES string of the molecule is C=CCN(C(=O)c1ccccc1)c1ncnc2c1ncn2[C@@H]1O[C@H](COP(C)(=S)O[C@H]2[C@@H](F)[C@H](n3cnc4c(N(CC=C)C(=O)c5ccccc5)ncnc43)O[C@@H]2CO)[C@@H](O[P+](=O)O)[C@H]1F. The van der Waals surface area contributed by atoms with Gasteiger partial charge in [-0.3, -0.25) is 28.5 Å². The summed E-state index contributed by atoms with van der Waals surface area (Å²) in [6.07, 6.45) is -5.10. The van der Waals surface area contributed by atoms with E-state index in [4.69, 9.17) is 34.9 Å². The number of aliphatic hydroxyl groups excluding tert-OH is 1. The van der Waals surface area contributed by atoms with Crippen LogP contribution < -0.4 is 9.80 Å². The Morgan fingerprint density at radius 3 is 1.73 bits per heavy atom. The molecule has 0 bridgehead atoms. The molecule has 0 aliphatic carbocycles. The fourth-order valence-electron chi connectivity index (χ4n) is 7.64. The van der Waals surface area contributed by atoms with Gasteiger partial charge in [-0.05, 0) is 36.1 Å². The molecule has 4 aromatic heterocycles. The van der Waals surface area contributed by atoms with E-state index >= 15 is 8.78 Å². The van der Waals surface area contributed by atoms with Crippen molar-refractivity contribution in [3.63, 3.8) is 0 Å². The highest BCUT2D eigenvalue weighted by molar-refractivity contribution is 8.09. The van der Waals surface area contributed by atoms with E-state index in [1.165, 1.54) is 63.1 Å². The Balaban J connectivity index is 0.991. The molecule has 2 fully saturated rings. The number of nitrogens with zero attached hydrogens (tertiary/aromatic N) is 10. The van der Waals surface area contributed by atoms with Crippen LogP contribution in [0.2, 0.25) is 0 Å². The zero-order valence-corrected chi connectivity index (χ0v) is 37.4. The second-order valence-corrected chi connectivity index (χ2v) is 19.5. The third-order valence-electron chi connectivity index (χ3n) is 10.6. The maximum Gasteiger partial charge on any atom is 0.695 e. The third-order valence-corrected chi connectivity index (χ3v) is 12.8. The molecule has 2 aliphatic rings. The zero-order chi connectivity index (χ0) is 46.7. The topological polar surface area (TPSA) is 231 Å². The summed E-state index contributed by atoms with van der Waals surface area (Å²) in [4.78, 5) is 65.5. The van der Waals surface area contributed by atoms with E-state index < -0.39 is 83.1 Å². The highest BCUT2D eigenvalue weighted by Gasteiger charge is 2.53. The van der Waals surface area contributed by atoms with Crippen molar-refractivity contribution in [3.8, 4) is 0 Å². The number of aliphatic hydroxyl groups is 1. The molecule has 8 rings (SSSR count). The number of imidazole rings is 2. The van der Waals surface area contributed by atoms with Gasteiger partial charge in [0.15, 0.2) is 71.4 Å². The van der Waals surface area contributed by atoms with Crippen molar-refractivity contribution in [1.29, 1.82) is 0 Å². The van der Waals surface area contributed by atoms with Gasteiger partial charge in [0.2, 0.25) is 0 Å². The zero-order valence-electron chi connectivity index (χ0n) is 34.8. The average Bonchev–Trinajstić information content (AvgIpc) is 4.10. The van der Waals surface area contributed by atoms with E-state index in [1.807, 2.05) is 0 Å². The summed E-state index contributed by atoms with van der Waals surface area (Å²) in [6.45, 7) is 4.19. The summed E-state index contributed by atoms with van der Waals surface area (Å²) < 4.78 is 76.6. The van der Waals surface area contributed by atoms with E-state index in [0.717, 1.165) is 0 Å². The summed E-state index contributed by atoms with van der Waals surface area (Å²) >= 11 is 5.67. The lowest BCUT2D eigenvalue weighted by Gasteiger charge is -2.26. The molecule has 2 amide bonds. The quantitative estimate of drug-likeness (QED) is 0.0836. The van der Waals surface area contributed by atoms with E-state index in [1.54, 1.807) is 60.7 Å². The average molecular weight is 966 g/mol. The molecule has 344 valence electrons. The van der Waals surface area contributed by atoms with Crippen molar-refractivity contribution >= 4 is 72.3 Å². The van der Waals surface area contributed by atoms with E-state index in [-0.39, 0.29) is 53.0 Å². The van der Waals surface area contributed by atoms with Gasteiger partial charge >= 0.3 is 8.25 Å². The van der Waals surface area contributed by atoms with Crippen LogP contribution in [0.3, 0.4) is 0 Å². The molecule has 2 unspecified atom stereocenters. The highest BCUT2D eigenvalue weighted by atomic mass is 32.5. The number of fused-ring (bicyclic) bond motifs is 2. The standard InChI is InChI=1S/C41H40F2N10O10P2S/c1-4-16-50(38(55)24-12-8-6-9-13-24)34-30-36(46-20-44-34)52(22-48-30)40-28(42)32(62-64(57)58)27(61-40)19-59-65(3,66)63-33-26(18-54)60-41(29(33)43)53-23-49-31-35(45-21-47-37(31)53)51(17-5-2)39(56)25-14-10-7-11-15-25/h4-15,20-23,26-29,32-33,40-41,54H,1-2,16-19H2,3H3/p+1/t26-,27-,28-,29-,32-,33-,40-,41-,65?/m1/s1. The normalized spacial score (nSPS) is 24.0. The minimum atomic E-state index is -3.54. The minimum absolute atomic E-state index is 0.0440. The number of rotatable bonds is 18. The molecule has 20 nitrogen and oxygen atoms in total. The molecule has 6 heterocycles. The fourth-order valence-corrected chi connectivity index (χ4v) is 9.76.